The summed E-state index contributed by atoms with van der Waals surface area (Å²) in [5, 5.41) is 18.9. The maximum Gasteiger partial charge on any atom is 0.122 e. The molecule has 3 heteroatoms. The topological polar surface area (TPSA) is 40.5 Å². The average molecular weight is 259 g/mol. The molecule has 0 radical (unpaired) electrons. The third-order valence-electron chi connectivity index (χ3n) is 2.37. The SMILES string of the molecule is CCc1cc(Br)cc(C(C)CO)c1O. The van der Waals surface area contributed by atoms with E-state index in [-0.39, 0.29) is 12.5 Å². The number of aromatic hydroxyl groups is 1. The second-order valence-corrected chi connectivity index (χ2v) is 4.36. The summed E-state index contributed by atoms with van der Waals surface area (Å²) in [6.07, 6.45) is 0.788. The highest BCUT2D eigenvalue weighted by atomic mass is 79.9. The number of aryl methyl sites for hydroxylation is 1. The Morgan fingerprint density at radius 1 is 1.43 bits per heavy atom. The summed E-state index contributed by atoms with van der Waals surface area (Å²) in [7, 11) is 0. The Morgan fingerprint density at radius 3 is 2.57 bits per heavy atom. The maximum atomic E-state index is 9.88. The molecule has 0 bridgehead atoms. The largest absolute Gasteiger partial charge is 0.507 e. The van der Waals surface area contributed by atoms with Gasteiger partial charge in [0.2, 0.25) is 0 Å². The predicted molar refractivity (Wildman–Crippen MR) is 60.7 cm³/mol. The van der Waals surface area contributed by atoms with Crippen LogP contribution in [0.15, 0.2) is 16.6 Å². The molecule has 1 rings (SSSR count). The van der Waals surface area contributed by atoms with Crippen LogP contribution in [0.1, 0.15) is 30.9 Å². The minimum absolute atomic E-state index is 0.0298. The van der Waals surface area contributed by atoms with E-state index in [0.29, 0.717) is 5.75 Å². The van der Waals surface area contributed by atoms with Gasteiger partial charge in [-0.2, -0.15) is 0 Å². The fourth-order valence-corrected chi connectivity index (χ4v) is 1.95. The van der Waals surface area contributed by atoms with Crippen LogP contribution in [0.2, 0.25) is 0 Å². The fraction of sp³-hybridized carbons (Fsp3) is 0.455. The van der Waals surface area contributed by atoms with Gasteiger partial charge >= 0.3 is 0 Å². The minimum atomic E-state index is -0.0298. The Bertz CT molecular complexity index is 323. The number of benzene rings is 1. The molecule has 0 heterocycles. The number of aliphatic hydroxyl groups excluding tert-OH is 1. The van der Waals surface area contributed by atoms with Crippen molar-refractivity contribution in [2.75, 3.05) is 6.61 Å². The molecule has 0 aliphatic heterocycles. The van der Waals surface area contributed by atoms with Gasteiger partial charge in [0.05, 0.1) is 0 Å². The van der Waals surface area contributed by atoms with Crippen LogP contribution in [0.25, 0.3) is 0 Å². The van der Waals surface area contributed by atoms with E-state index in [1.165, 1.54) is 0 Å². The average Bonchev–Trinajstić information content (AvgIpc) is 2.19. The quantitative estimate of drug-likeness (QED) is 0.876. The molecule has 78 valence electrons. The Hall–Kier alpha value is -0.540. The third-order valence-corrected chi connectivity index (χ3v) is 2.83. The molecule has 2 N–H and O–H groups in total. The lowest BCUT2D eigenvalue weighted by atomic mass is 9.97. The molecule has 1 atom stereocenters. The van der Waals surface area contributed by atoms with Crippen molar-refractivity contribution in [1.82, 2.24) is 0 Å². The molecular formula is C11H15BrO2. The highest BCUT2D eigenvalue weighted by molar-refractivity contribution is 9.10. The molecule has 0 spiro atoms. The van der Waals surface area contributed by atoms with Crippen molar-refractivity contribution in [3.8, 4) is 5.75 Å². The second kappa shape index (κ2) is 4.80. The second-order valence-electron chi connectivity index (χ2n) is 3.44. The first-order chi connectivity index (χ1) is 6.60. The predicted octanol–water partition coefficient (Wildman–Crippen LogP) is 2.81. The number of aliphatic hydroxyl groups is 1. The molecule has 0 aromatic heterocycles. The van der Waals surface area contributed by atoms with Crippen molar-refractivity contribution < 1.29 is 10.2 Å². The van der Waals surface area contributed by atoms with Crippen LogP contribution in [0.3, 0.4) is 0 Å². The van der Waals surface area contributed by atoms with E-state index >= 15 is 0 Å². The van der Waals surface area contributed by atoms with Crippen LogP contribution in [-0.4, -0.2) is 16.8 Å². The molecule has 14 heavy (non-hydrogen) atoms. The first-order valence-electron chi connectivity index (χ1n) is 4.72. The molecule has 1 aromatic carbocycles. The number of hydrogen-bond acceptors (Lipinski definition) is 2. The highest BCUT2D eigenvalue weighted by Gasteiger charge is 2.13. The molecular weight excluding hydrogens is 244 g/mol. The first kappa shape index (κ1) is 11.5. The summed E-state index contributed by atoms with van der Waals surface area (Å²) >= 11 is 3.39. The number of hydrogen-bond donors (Lipinski definition) is 2. The fourth-order valence-electron chi connectivity index (χ4n) is 1.42. The smallest absolute Gasteiger partial charge is 0.122 e. The standard InChI is InChI=1S/C11H15BrO2/c1-3-8-4-9(12)5-10(11(8)14)7(2)6-13/h4-5,7,13-14H,3,6H2,1-2H3. The van der Waals surface area contributed by atoms with Crippen molar-refractivity contribution in [1.29, 1.82) is 0 Å². The van der Waals surface area contributed by atoms with Crippen molar-refractivity contribution in [3.63, 3.8) is 0 Å². The molecule has 0 amide bonds. The first-order valence-corrected chi connectivity index (χ1v) is 5.51. The molecule has 2 nitrogen and oxygen atoms in total. The normalized spacial score (nSPS) is 12.9. The summed E-state index contributed by atoms with van der Waals surface area (Å²) in [5.41, 5.74) is 1.72. The monoisotopic (exact) mass is 258 g/mol. The van der Waals surface area contributed by atoms with Crippen molar-refractivity contribution >= 4 is 15.9 Å². The van der Waals surface area contributed by atoms with Gasteiger partial charge in [-0.1, -0.05) is 29.8 Å². The van der Waals surface area contributed by atoms with E-state index < -0.39 is 0 Å². The van der Waals surface area contributed by atoms with Gasteiger partial charge in [0.1, 0.15) is 5.75 Å². The van der Waals surface area contributed by atoms with E-state index in [0.717, 1.165) is 22.0 Å². The van der Waals surface area contributed by atoms with Crippen LogP contribution in [0, 0.1) is 0 Å². The number of rotatable bonds is 3. The van der Waals surface area contributed by atoms with Gasteiger partial charge in [-0.25, -0.2) is 0 Å². The van der Waals surface area contributed by atoms with Crippen molar-refractivity contribution in [2.24, 2.45) is 0 Å². The summed E-state index contributed by atoms with van der Waals surface area (Å²) in [6.45, 7) is 3.93. The van der Waals surface area contributed by atoms with E-state index in [9.17, 15) is 5.11 Å². The number of phenolic OH excluding ortho intramolecular Hbond substituents is 1. The van der Waals surface area contributed by atoms with Crippen LogP contribution in [0.4, 0.5) is 0 Å². The lowest BCUT2D eigenvalue weighted by Crippen LogP contribution is -2.01. The van der Waals surface area contributed by atoms with Gasteiger partial charge < -0.3 is 10.2 Å². The lowest BCUT2D eigenvalue weighted by molar-refractivity contribution is 0.270. The molecule has 0 fully saturated rings. The maximum absolute atomic E-state index is 9.88. The zero-order valence-corrected chi connectivity index (χ0v) is 10.0. The molecule has 1 aromatic rings. The summed E-state index contributed by atoms with van der Waals surface area (Å²) < 4.78 is 0.947. The van der Waals surface area contributed by atoms with E-state index in [4.69, 9.17) is 5.11 Å². The number of phenols is 1. The van der Waals surface area contributed by atoms with E-state index in [1.807, 2.05) is 26.0 Å². The van der Waals surface area contributed by atoms with Gasteiger partial charge in [0.15, 0.2) is 0 Å². The van der Waals surface area contributed by atoms with Crippen LogP contribution in [-0.2, 0) is 6.42 Å². The zero-order valence-electron chi connectivity index (χ0n) is 8.42. The van der Waals surface area contributed by atoms with Gasteiger partial charge in [-0.15, -0.1) is 0 Å². The lowest BCUT2D eigenvalue weighted by Gasteiger charge is -2.14. The van der Waals surface area contributed by atoms with Gasteiger partial charge in [-0.05, 0) is 24.1 Å². The highest BCUT2D eigenvalue weighted by Crippen LogP contribution is 2.32. The Kier molecular flexibility index (Phi) is 3.96. The Labute approximate surface area is 92.7 Å². The summed E-state index contributed by atoms with van der Waals surface area (Å²) in [5.74, 6) is 0.287. The summed E-state index contributed by atoms with van der Waals surface area (Å²) in [6, 6.07) is 3.76. The molecule has 1 unspecified atom stereocenters. The van der Waals surface area contributed by atoms with Crippen LogP contribution >= 0.6 is 15.9 Å². The van der Waals surface area contributed by atoms with E-state index in [1.54, 1.807) is 0 Å². The van der Waals surface area contributed by atoms with Crippen LogP contribution in [0.5, 0.6) is 5.75 Å². The van der Waals surface area contributed by atoms with Gasteiger partial charge in [0, 0.05) is 22.6 Å². The minimum Gasteiger partial charge on any atom is -0.507 e. The van der Waals surface area contributed by atoms with Gasteiger partial charge in [0.25, 0.3) is 0 Å². The van der Waals surface area contributed by atoms with E-state index in [2.05, 4.69) is 15.9 Å². The van der Waals surface area contributed by atoms with Gasteiger partial charge in [-0.3, -0.25) is 0 Å². The summed E-state index contributed by atoms with van der Waals surface area (Å²) in [4.78, 5) is 0. The number of halogens is 1. The molecule has 0 saturated heterocycles. The third kappa shape index (κ3) is 2.28. The molecule has 0 saturated carbocycles. The Balaban J connectivity index is 3.21. The molecule has 0 aliphatic rings. The van der Waals surface area contributed by atoms with Crippen molar-refractivity contribution in [2.45, 2.75) is 26.2 Å². The Morgan fingerprint density at radius 2 is 2.07 bits per heavy atom. The van der Waals surface area contributed by atoms with Crippen LogP contribution < -0.4 is 0 Å². The zero-order chi connectivity index (χ0) is 10.7. The van der Waals surface area contributed by atoms with Crippen molar-refractivity contribution in [3.05, 3.63) is 27.7 Å². The molecule has 0 aliphatic carbocycles.